The van der Waals surface area contributed by atoms with E-state index in [1.165, 1.54) is 12.8 Å². The first-order valence-corrected chi connectivity index (χ1v) is 25.8. The predicted octanol–water partition coefficient (Wildman–Crippen LogP) is 6.29. The number of fused-ring (bicyclic) bond motifs is 2. The molecule has 1 aliphatic heterocycles. The van der Waals surface area contributed by atoms with E-state index in [2.05, 4.69) is 133 Å². The second-order valence-corrected chi connectivity index (χ2v) is 34.3. The number of rotatable bonds is 4. The van der Waals surface area contributed by atoms with Crippen molar-refractivity contribution < 1.29 is 44.8 Å². The van der Waals surface area contributed by atoms with E-state index >= 15 is 0 Å². The first-order chi connectivity index (χ1) is 18.8. The fourth-order valence-electron chi connectivity index (χ4n) is 8.54. The first-order valence-electron chi connectivity index (χ1n) is 16.5. The fourth-order valence-corrected chi connectivity index (χ4v) is 37.2. The molecule has 43 heavy (non-hydrogen) atoms. The molecule has 1 heterocycles. The van der Waals surface area contributed by atoms with Gasteiger partial charge in [0.25, 0.3) is 0 Å². The van der Waals surface area contributed by atoms with Gasteiger partial charge in [-0.05, 0) is 0 Å². The third kappa shape index (κ3) is 6.12. The second kappa shape index (κ2) is 11.9. The molecule has 0 nitrogen and oxygen atoms in total. The molecule has 0 spiro atoms. The van der Waals surface area contributed by atoms with E-state index in [4.69, 9.17) is 0 Å². The van der Waals surface area contributed by atoms with Crippen LogP contribution in [0.5, 0.6) is 0 Å². The molecule has 0 amide bonds. The van der Waals surface area contributed by atoms with Crippen LogP contribution in [0.1, 0.15) is 162 Å². The molecule has 2 unspecified atom stereocenters. The van der Waals surface area contributed by atoms with Crippen LogP contribution in [0, 0.1) is 0 Å². The number of halogens is 2. The summed E-state index contributed by atoms with van der Waals surface area (Å²) in [4.78, 5) is 0. The summed E-state index contributed by atoms with van der Waals surface area (Å²) in [5.41, 5.74) is 17.2. The van der Waals surface area contributed by atoms with Gasteiger partial charge in [-0.15, -0.1) is 0 Å². The van der Waals surface area contributed by atoms with Crippen molar-refractivity contribution in [1.82, 2.24) is 0 Å². The minimum absolute atomic E-state index is 0. The molecule has 2 atom stereocenters. The maximum absolute atomic E-state index is 3.00. The van der Waals surface area contributed by atoms with Crippen LogP contribution in [0.15, 0.2) is 35.4 Å². The van der Waals surface area contributed by atoms with Crippen molar-refractivity contribution in [2.75, 3.05) is 0 Å². The molecule has 3 heteroatoms. The standard InChI is InChI=1S/2C19H27.C2H4.2ClH.Hf/c2*1-8-13-11-14-15(12-13)17(19(5,6)7)10-9-16(14)18(2,3)4;1-2;;;/h2*9-12H,8H2,1-7H3;1-2H2;2*1H;/q;;;;;+2/p-2. The van der Waals surface area contributed by atoms with E-state index in [1.54, 1.807) is 64.0 Å². The average Bonchev–Trinajstić information content (AvgIpc) is 3.36. The van der Waals surface area contributed by atoms with Gasteiger partial charge in [0.2, 0.25) is 0 Å². The number of hydrogen-bond acceptors (Lipinski definition) is 0. The number of hydrogen-bond donors (Lipinski definition) is 0. The van der Waals surface area contributed by atoms with Crippen LogP contribution in [0.2, 0.25) is 8.35 Å². The van der Waals surface area contributed by atoms with Crippen LogP contribution in [0.3, 0.4) is 0 Å². The van der Waals surface area contributed by atoms with Gasteiger partial charge in [0.1, 0.15) is 0 Å². The van der Waals surface area contributed by atoms with Gasteiger partial charge in [-0.3, -0.25) is 0 Å². The maximum Gasteiger partial charge on any atom is -1.00 e. The normalized spacial score (nSPS) is 20.1. The molecule has 0 radical (unpaired) electrons. The summed E-state index contributed by atoms with van der Waals surface area (Å²) in [5.74, 6) is 0. The van der Waals surface area contributed by atoms with Crippen molar-refractivity contribution in [3.63, 3.8) is 0 Å². The summed E-state index contributed by atoms with van der Waals surface area (Å²) in [7, 11) is 0. The molecule has 1 fully saturated rings. The Morgan fingerprint density at radius 1 is 0.512 bits per heavy atom. The zero-order valence-corrected chi connectivity index (χ0v) is 34.8. The summed E-state index contributed by atoms with van der Waals surface area (Å²) in [6, 6.07) is 10.1. The zero-order chi connectivity index (χ0) is 30.5. The van der Waals surface area contributed by atoms with Crippen LogP contribution >= 0.6 is 0 Å². The van der Waals surface area contributed by atoms with Crippen molar-refractivity contribution in [3.8, 4) is 0 Å². The van der Waals surface area contributed by atoms with Crippen LogP contribution < -0.4 is 24.8 Å². The van der Waals surface area contributed by atoms with Gasteiger partial charge in [-0.25, -0.2) is 0 Å². The Kier molecular flexibility index (Phi) is 10.2. The van der Waals surface area contributed by atoms with Crippen LogP contribution in [-0.4, -0.2) is 0 Å². The zero-order valence-electron chi connectivity index (χ0n) is 29.7. The second-order valence-electron chi connectivity index (χ2n) is 17.7. The Labute approximate surface area is 282 Å². The Morgan fingerprint density at radius 3 is 1.02 bits per heavy atom. The van der Waals surface area contributed by atoms with Gasteiger partial charge < -0.3 is 24.8 Å². The van der Waals surface area contributed by atoms with Crippen molar-refractivity contribution >= 4 is 12.2 Å². The largest absolute Gasteiger partial charge is 1.00 e. The van der Waals surface area contributed by atoms with E-state index < -0.39 is 20.0 Å². The SMILES string of the molecule is CCC1=Cc2c(C(C)(C)C)ccc(C(C)(C)C)c2[CH]1[Hf+2]1([CH]2C(CC)=Cc3c(C(C)(C)C)ccc(C(C)(C)C)c32)[CH2][CH2]1.[Cl-].[Cl-]. The molecule has 236 valence electrons. The average molecular weight is 788 g/mol. The van der Waals surface area contributed by atoms with Gasteiger partial charge in [-0.2, -0.15) is 0 Å². The van der Waals surface area contributed by atoms with Crippen LogP contribution in [0.4, 0.5) is 0 Å². The van der Waals surface area contributed by atoms with E-state index in [0.717, 1.165) is 7.35 Å². The smallest absolute Gasteiger partial charge is 1.00 e. The van der Waals surface area contributed by atoms with Gasteiger partial charge in [0, 0.05) is 0 Å². The fraction of sp³-hybridized carbons (Fsp3) is 0.600. The van der Waals surface area contributed by atoms with Crippen molar-refractivity contribution in [2.24, 2.45) is 0 Å². The van der Waals surface area contributed by atoms with Crippen molar-refractivity contribution in [2.45, 2.75) is 147 Å². The molecule has 0 N–H and O–H groups in total. The minimum atomic E-state index is -3.00. The third-order valence-corrected chi connectivity index (χ3v) is 29.5. The van der Waals surface area contributed by atoms with Gasteiger partial charge in [-0.1, -0.05) is 0 Å². The van der Waals surface area contributed by atoms with E-state index in [9.17, 15) is 0 Å². The van der Waals surface area contributed by atoms with Crippen molar-refractivity contribution in [3.05, 3.63) is 79.9 Å². The quantitative estimate of drug-likeness (QED) is 0.320. The van der Waals surface area contributed by atoms with Crippen molar-refractivity contribution in [1.29, 1.82) is 0 Å². The van der Waals surface area contributed by atoms with Crippen LogP contribution in [-0.2, 0) is 41.6 Å². The molecule has 3 aliphatic rings. The Balaban J connectivity index is 0.00000253. The summed E-state index contributed by atoms with van der Waals surface area (Å²) in [6.07, 6.45) is 7.79. The Morgan fingerprint density at radius 2 is 0.791 bits per heavy atom. The summed E-state index contributed by atoms with van der Waals surface area (Å²) in [5, 5.41) is 0. The molecule has 5 rings (SSSR count). The van der Waals surface area contributed by atoms with Gasteiger partial charge in [0.15, 0.2) is 0 Å². The predicted molar refractivity (Wildman–Crippen MR) is 179 cm³/mol. The van der Waals surface area contributed by atoms with E-state index in [0.29, 0.717) is 0 Å². The Bertz CT molecular complexity index is 1330. The maximum atomic E-state index is 2.71. The molecule has 1 saturated heterocycles. The molecular weight excluding hydrogens is 730 g/mol. The summed E-state index contributed by atoms with van der Waals surface area (Å²) in [6.45, 7) is 34.1. The van der Waals surface area contributed by atoms with Gasteiger partial charge in [0.05, 0.1) is 0 Å². The molecular formula is C40H58Cl2Hf. The summed E-state index contributed by atoms with van der Waals surface area (Å²) >= 11 is -3.00. The molecule has 2 aliphatic carbocycles. The van der Waals surface area contributed by atoms with E-state index in [-0.39, 0.29) is 46.5 Å². The topological polar surface area (TPSA) is 0 Å². The number of allylic oxidation sites excluding steroid dienone is 2. The molecule has 2 aromatic carbocycles. The number of benzene rings is 2. The third-order valence-electron chi connectivity index (χ3n) is 10.6. The first kappa shape index (κ1) is 36.8. The molecule has 0 aromatic heterocycles. The minimum Gasteiger partial charge on any atom is -1.00 e. The molecule has 2 aromatic rings. The van der Waals surface area contributed by atoms with Crippen LogP contribution in [0.25, 0.3) is 12.2 Å². The molecule has 0 bridgehead atoms. The van der Waals surface area contributed by atoms with E-state index in [1.807, 2.05) is 0 Å². The van der Waals surface area contributed by atoms with Gasteiger partial charge >= 0.3 is 259 Å². The summed E-state index contributed by atoms with van der Waals surface area (Å²) < 4.78 is 4.53. The molecule has 0 saturated carbocycles. The Hall–Kier alpha value is -0.630. The monoisotopic (exact) mass is 788 g/mol.